The van der Waals surface area contributed by atoms with Crippen LogP contribution in [-0.2, 0) is 13.0 Å². The summed E-state index contributed by atoms with van der Waals surface area (Å²) in [6, 6.07) is 9.02. The largest absolute Gasteiger partial charge is 0.439 e. The minimum atomic E-state index is -0.00818. The molecular formula is C14H15BrN2O2. The van der Waals surface area contributed by atoms with Crippen molar-refractivity contribution in [2.45, 2.75) is 26.4 Å². The van der Waals surface area contributed by atoms with Crippen LogP contribution in [0.1, 0.15) is 24.7 Å². The standard InChI is InChI=1S/C14H15BrN2O2/c1-2-4-13-16-12(15)8-14(17-13)19-11-6-3-5-10(7-11)9-18/h3,5-8,18H,2,4,9H2,1H3. The lowest BCUT2D eigenvalue weighted by atomic mass is 10.2. The van der Waals surface area contributed by atoms with Crippen LogP contribution in [0.5, 0.6) is 11.6 Å². The molecule has 100 valence electrons. The number of aliphatic hydroxyl groups excluding tert-OH is 1. The summed E-state index contributed by atoms with van der Waals surface area (Å²) in [6.45, 7) is 2.07. The van der Waals surface area contributed by atoms with Gasteiger partial charge in [-0.1, -0.05) is 19.1 Å². The zero-order valence-electron chi connectivity index (χ0n) is 10.6. The Balaban J connectivity index is 2.22. The van der Waals surface area contributed by atoms with E-state index in [1.165, 1.54) is 0 Å². The average molecular weight is 323 g/mol. The lowest BCUT2D eigenvalue weighted by molar-refractivity contribution is 0.281. The summed E-state index contributed by atoms with van der Waals surface area (Å²) in [5.41, 5.74) is 0.805. The lowest BCUT2D eigenvalue weighted by Crippen LogP contribution is -1.98. The van der Waals surface area contributed by atoms with Gasteiger partial charge in [-0.3, -0.25) is 0 Å². The van der Waals surface area contributed by atoms with Crippen molar-refractivity contribution in [3.05, 3.63) is 46.3 Å². The second-order valence-electron chi connectivity index (χ2n) is 4.10. The zero-order chi connectivity index (χ0) is 13.7. The van der Waals surface area contributed by atoms with E-state index in [-0.39, 0.29) is 6.61 Å². The van der Waals surface area contributed by atoms with E-state index in [0.29, 0.717) is 16.2 Å². The number of aromatic nitrogens is 2. The highest BCUT2D eigenvalue weighted by Crippen LogP contribution is 2.23. The number of benzene rings is 1. The van der Waals surface area contributed by atoms with E-state index in [2.05, 4.69) is 32.8 Å². The molecule has 2 aromatic rings. The number of hydrogen-bond donors (Lipinski definition) is 1. The predicted octanol–water partition coefficient (Wildman–Crippen LogP) is 3.48. The van der Waals surface area contributed by atoms with Crippen molar-refractivity contribution in [2.75, 3.05) is 0 Å². The molecule has 5 heteroatoms. The van der Waals surface area contributed by atoms with Crippen molar-refractivity contribution in [1.82, 2.24) is 9.97 Å². The van der Waals surface area contributed by atoms with Gasteiger partial charge in [-0.25, -0.2) is 4.98 Å². The molecule has 0 aliphatic rings. The van der Waals surface area contributed by atoms with Crippen molar-refractivity contribution in [1.29, 1.82) is 0 Å². The molecule has 0 spiro atoms. The minimum Gasteiger partial charge on any atom is -0.439 e. The van der Waals surface area contributed by atoms with Crippen molar-refractivity contribution in [3.63, 3.8) is 0 Å². The van der Waals surface area contributed by atoms with E-state index in [0.717, 1.165) is 24.2 Å². The number of rotatable bonds is 5. The summed E-state index contributed by atoms with van der Waals surface area (Å²) in [5, 5.41) is 9.10. The highest BCUT2D eigenvalue weighted by molar-refractivity contribution is 9.10. The van der Waals surface area contributed by atoms with E-state index >= 15 is 0 Å². The van der Waals surface area contributed by atoms with Gasteiger partial charge >= 0.3 is 0 Å². The smallest absolute Gasteiger partial charge is 0.223 e. The number of aliphatic hydroxyl groups is 1. The van der Waals surface area contributed by atoms with Crippen LogP contribution in [0, 0.1) is 0 Å². The first-order valence-electron chi connectivity index (χ1n) is 6.12. The highest BCUT2D eigenvalue weighted by Gasteiger charge is 2.05. The van der Waals surface area contributed by atoms with Crippen LogP contribution in [0.3, 0.4) is 0 Å². The molecule has 0 aliphatic heterocycles. The van der Waals surface area contributed by atoms with Gasteiger partial charge in [-0.15, -0.1) is 0 Å². The maximum absolute atomic E-state index is 9.10. The molecule has 1 N–H and O–H groups in total. The summed E-state index contributed by atoms with van der Waals surface area (Å²) in [6.07, 6.45) is 1.79. The van der Waals surface area contributed by atoms with Crippen LogP contribution in [0.4, 0.5) is 0 Å². The van der Waals surface area contributed by atoms with Crippen molar-refractivity contribution < 1.29 is 9.84 Å². The van der Waals surface area contributed by atoms with Crippen LogP contribution < -0.4 is 4.74 Å². The topological polar surface area (TPSA) is 55.2 Å². The van der Waals surface area contributed by atoms with Crippen LogP contribution in [0.15, 0.2) is 34.9 Å². The molecule has 0 unspecified atom stereocenters. The van der Waals surface area contributed by atoms with E-state index in [9.17, 15) is 0 Å². The molecular weight excluding hydrogens is 308 g/mol. The summed E-state index contributed by atoms with van der Waals surface area (Å²) in [7, 11) is 0. The first kappa shape index (κ1) is 14.0. The fraction of sp³-hybridized carbons (Fsp3) is 0.286. The molecule has 1 heterocycles. The first-order chi connectivity index (χ1) is 9.21. The van der Waals surface area contributed by atoms with Gasteiger partial charge in [-0.2, -0.15) is 4.98 Å². The number of ether oxygens (including phenoxy) is 1. The third-order valence-corrected chi connectivity index (χ3v) is 2.90. The van der Waals surface area contributed by atoms with Gasteiger partial charge in [0.25, 0.3) is 0 Å². The van der Waals surface area contributed by atoms with Crippen LogP contribution in [-0.4, -0.2) is 15.1 Å². The maximum Gasteiger partial charge on any atom is 0.223 e. The summed E-state index contributed by atoms with van der Waals surface area (Å²) >= 11 is 3.35. The van der Waals surface area contributed by atoms with Gasteiger partial charge in [-0.05, 0) is 40.0 Å². The Morgan fingerprint density at radius 1 is 1.26 bits per heavy atom. The fourth-order valence-electron chi connectivity index (χ4n) is 1.66. The molecule has 1 aromatic heterocycles. The van der Waals surface area contributed by atoms with E-state index in [4.69, 9.17) is 9.84 Å². The molecule has 0 saturated carbocycles. The highest BCUT2D eigenvalue weighted by atomic mass is 79.9. The van der Waals surface area contributed by atoms with Crippen LogP contribution in [0.25, 0.3) is 0 Å². The fourth-order valence-corrected chi connectivity index (χ4v) is 2.06. The monoisotopic (exact) mass is 322 g/mol. The Kier molecular flexibility index (Phi) is 4.87. The summed E-state index contributed by atoms with van der Waals surface area (Å²) in [4.78, 5) is 8.63. The predicted molar refractivity (Wildman–Crippen MR) is 76.2 cm³/mol. The molecule has 0 saturated heterocycles. The van der Waals surface area contributed by atoms with E-state index < -0.39 is 0 Å². The van der Waals surface area contributed by atoms with Gasteiger partial charge in [0.2, 0.25) is 5.88 Å². The van der Waals surface area contributed by atoms with Gasteiger partial charge in [0, 0.05) is 12.5 Å². The molecule has 0 radical (unpaired) electrons. The Morgan fingerprint density at radius 2 is 2.11 bits per heavy atom. The lowest BCUT2D eigenvalue weighted by Gasteiger charge is -2.07. The second kappa shape index (κ2) is 6.63. The second-order valence-corrected chi connectivity index (χ2v) is 4.92. The quantitative estimate of drug-likeness (QED) is 0.856. The van der Waals surface area contributed by atoms with Gasteiger partial charge < -0.3 is 9.84 Å². The number of aryl methyl sites for hydroxylation is 1. The molecule has 4 nitrogen and oxygen atoms in total. The van der Waals surface area contributed by atoms with Crippen molar-refractivity contribution in [3.8, 4) is 11.6 Å². The van der Waals surface area contributed by atoms with E-state index in [1.54, 1.807) is 12.1 Å². The molecule has 0 fully saturated rings. The molecule has 0 aliphatic carbocycles. The molecule has 1 aromatic carbocycles. The van der Waals surface area contributed by atoms with Crippen molar-refractivity contribution >= 4 is 15.9 Å². The summed E-state index contributed by atoms with van der Waals surface area (Å²) < 4.78 is 6.40. The Hall–Kier alpha value is -1.46. The molecule has 0 atom stereocenters. The van der Waals surface area contributed by atoms with Gasteiger partial charge in [0.05, 0.1) is 6.61 Å². The molecule has 2 rings (SSSR count). The number of nitrogens with zero attached hydrogens (tertiary/aromatic N) is 2. The average Bonchev–Trinajstić information content (AvgIpc) is 2.38. The number of hydrogen-bond acceptors (Lipinski definition) is 4. The minimum absolute atomic E-state index is 0.00818. The van der Waals surface area contributed by atoms with Crippen LogP contribution in [0.2, 0.25) is 0 Å². The molecule has 0 amide bonds. The maximum atomic E-state index is 9.10. The third-order valence-electron chi connectivity index (χ3n) is 2.49. The Morgan fingerprint density at radius 3 is 2.84 bits per heavy atom. The SMILES string of the molecule is CCCc1nc(Br)cc(Oc2cccc(CO)c2)n1. The van der Waals surface area contributed by atoms with Gasteiger partial charge in [0.15, 0.2) is 0 Å². The normalized spacial score (nSPS) is 10.5. The Labute approximate surface area is 120 Å². The first-order valence-corrected chi connectivity index (χ1v) is 6.91. The zero-order valence-corrected chi connectivity index (χ0v) is 12.2. The molecule has 0 bridgehead atoms. The van der Waals surface area contributed by atoms with Crippen LogP contribution >= 0.6 is 15.9 Å². The van der Waals surface area contributed by atoms with E-state index in [1.807, 2.05) is 18.2 Å². The third kappa shape index (κ3) is 4.01. The summed E-state index contributed by atoms with van der Waals surface area (Å²) in [5.74, 6) is 1.91. The molecule has 19 heavy (non-hydrogen) atoms. The van der Waals surface area contributed by atoms with Gasteiger partial charge in [0.1, 0.15) is 16.2 Å². The number of halogens is 1. The van der Waals surface area contributed by atoms with Crippen molar-refractivity contribution in [2.24, 2.45) is 0 Å². The Bertz CT molecular complexity index is 561.